The van der Waals surface area contributed by atoms with Crippen LogP contribution in [-0.4, -0.2) is 36.2 Å². The number of amides is 1. The first-order valence-electron chi connectivity index (χ1n) is 7.26. The van der Waals surface area contributed by atoms with Crippen molar-refractivity contribution in [2.45, 2.75) is 39.3 Å². The van der Waals surface area contributed by atoms with Crippen LogP contribution in [0.25, 0.3) is 0 Å². The first kappa shape index (κ1) is 16.6. The molecule has 1 unspecified atom stereocenters. The van der Waals surface area contributed by atoms with Crippen molar-refractivity contribution < 1.29 is 13.9 Å². The third-order valence-electron chi connectivity index (χ3n) is 3.30. The zero-order valence-corrected chi connectivity index (χ0v) is 15.0. The fourth-order valence-corrected chi connectivity index (χ4v) is 2.80. The van der Waals surface area contributed by atoms with Crippen LogP contribution >= 0.6 is 22.6 Å². The Morgan fingerprint density at radius 3 is 2.90 bits per heavy atom. The lowest BCUT2D eigenvalue weighted by molar-refractivity contribution is 0.0288. The SMILES string of the molecule is CC(C)(C)OC(=O)N1CCC(CNCc2ccc(I)o2)C1. The van der Waals surface area contributed by atoms with Crippen LogP contribution in [0.3, 0.4) is 0 Å². The second-order valence-corrected chi connectivity index (χ2v) is 7.48. The molecule has 0 radical (unpaired) electrons. The van der Waals surface area contributed by atoms with E-state index < -0.39 is 5.60 Å². The summed E-state index contributed by atoms with van der Waals surface area (Å²) in [6.45, 7) is 8.83. The quantitative estimate of drug-likeness (QED) is 0.781. The average molecular weight is 406 g/mol. The smallest absolute Gasteiger partial charge is 0.410 e. The van der Waals surface area contributed by atoms with Crippen molar-refractivity contribution in [1.82, 2.24) is 10.2 Å². The fraction of sp³-hybridized carbons (Fsp3) is 0.667. The van der Waals surface area contributed by atoms with E-state index in [1.54, 1.807) is 4.90 Å². The summed E-state index contributed by atoms with van der Waals surface area (Å²) < 4.78 is 11.8. The minimum Gasteiger partial charge on any atom is -0.454 e. The molecule has 1 amide bonds. The highest BCUT2D eigenvalue weighted by atomic mass is 127. The Morgan fingerprint density at radius 1 is 1.52 bits per heavy atom. The van der Waals surface area contributed by atoms with E-state index >= 15 is 0 Å². The molecular formula is C15H23IN2O3. The Kier molecular flexibility index (Phi) is 5.54. The molecule has 6 heteroatoms. The van der Waals surface area contributed by atoms with Crippen LogP contribution in [0, 0.1) is 9.68 Å². The van der Waals surface area contributed by atoms with Crippen molar-refractivity contribution in [2.75, 3.05) is 19.6 Å². The Hall–Kier alpha value is -0.760. The van der Waals surface area contributed by atoms with Crippen molar-refractivity contribution in [1.29, 1.82) is 0 Å². The van der Waals surface area contributed by atoms with Gasteiger partial charge in [0.25, 0.3) is 0 Å². The number of carbonyl (C=O) groups is 1. The fourth-order valence-electron chi connectivity index (χ4n) is 2.34. The summed E-state index contributed by atoms with van der Waals surface area (Å²) in [6, 6.07) is 3.94. The highest BCUT2D eigenvalue weighted by molar-refractivity contribution is 14.1. The Morgan fingerprint density at radius 2 is 2.29 bits per heavy atom. The lowest BCUT2D eigenvalue weighted by Crippen LogP contribution is -2.36. The maximum Gasteiger partial charge on any atom is 0.410 e. The van der Waals surface area contributed by atoms with E-state index in [9.17, 15) is 4.79 Å². The van der Waals surface area contributed by atoms with Gasteiger partial charge in [0, 0.05) is 19.6 Å². The molecule has 1 N–H and O–H groups in total. The summed E-state index contributed by atoms with van der Waals surface area (Å²) in [4.78, 5) is 13.8. The number of furan rings is 1. The summed E-state index contributed by atoms with van der Waals surface area (Å²) in [6.07, 6.45) is 0.813. The largest absolute Gasteiger partial charge is 0.454 e. The predicted octanol–water partition coefficient (Wildman–Crippen LogP) is 3.23. The van der Waals surface area contributed by atoms with Gasteiger partial charge in [-0.3, -0.25) is 0 Å². The standard InChI is InChI=1S/C15H23IN2O3/c1-15(2,3)21-14(19)18-7-6-11(10-18)8-17-9-12-4-5-13(16)20-12/h4-5,11,17H,6-10H2,1-3H3. The van der Waals surface area contributed by atoms with Crippen molar-refractivity contribution in [3.05, 3.63) is 21.7 Å². The molecule has 1 aromatic heterocycles. The predicted molar refractivity (Wildman–Crippen MR) is 89.0 cm³/mol. The van der Waals surface area contributed by atoms with Gasteiger partial charge < -0.3 is 19.4 Å². The molecule has 1 aliphatic rings. The Labute approximate surface area is 139 Å². The first-order chi connectivity index (χ1) is 9.83. The molecule has 0 saturated carbocycles. The number of ether oxygens (including phenoxy) is 1. The first-order valence-corrected chi connectivity index (χ1v) is 8.34. The summed E-state index contributed by atoms with van der Waals surface area (Å²) in [5, 5.41) is 3.39. The van der Waals surface area contributed by atoms with Gasteiger partial charge in [0.1, 0.15) is 11.4 Å². The number of nitrogens with zero attached hydrogens (tertiary/aromatic N) is 1. The molecular weight excluding hydrogens is 383 g/mol. The number of hydrogen-bond acceptors (Lipinski definition) is 4. The van der Waals surface area contributed by atoms with E-state index in [1.165, 1.54) is 0 Å². The van der Waals surface area contributed by atoms with Gasteiger partial charge in [-0.2, -0.15) is 0 Å². The van der Waals surface area contributed by atoms with Crippen LogP contribution in [-0.2, 0) is 11.3 Å². The van der Waals surface area contributed by atoms with E-state index in [2.05, 4.69) is 27.9 Å². The number of rotatable bonds is 4. The molecule has 118 valence electrons. The summed E-state index contributed by atoms with van der Waals surface area (Å²) in [7, 11) is 0. The van der Waals surface area contributed by atoms with Crippen molar-refractivity contribution in [3.63, 3.8) is 0 Å². The minimum atomic E-state index is -0.427. The summed E-state index contributed by atoms with van der Waals surface area (Å²) >= 11 is 2.16. The van der Waals surface area contributed by atoms with Gasteiger partial charge in [0.15, 0.2) is 3.77 Å². The number of nitrogens with one attached hydrogen (secondary N) is 1. The lowest BCUT2D eigenvalue weighted by atomic mass is 10.1. The van der Waals surface area contributed by atoms with Gasteiger partial charge in [-0.25, -0.2) is 4.79 Å². The number of likely N-dealkylation sites (tertiary alicyclic amines) is 1. The molecule has 21 heavy (non-hydrogen) atoms. The molecule has 0 spiro atoms. The van der Waals surface area contributed by atoms with Gasteiger partial charge in [-0.1, -0.05) is 0 Å². The maximum absolute atomic E-state index is 12.0. The molecule has 5 nitrogen and oxygen atoms in total. The van der Waals surface area contributed by atoms with Gasteiger partial charge in [0.05, 0.1) is 6.54 Å². The minimum absolute atomic E-state index is 0.203. The highest BCUT2D eigenvalue weighted by Gasteiger charge is 2.29. The molecule has 1 atom stereocenters. The molecule has 1 fully saturated rings. The van der Waals surface area contributed by atoms with Gasteiger partial charge in [0.2, 0.25) is 0 Å². The van der Waals surface area contributed by atoms with Crippen LogP contribution in [0.1, 0.15) is 33.0 Å². The number of halogens is 1. The van der Waals surface area contributed by atoms with Crippen LogP contribution in [0.5, 0.6) is 0 Å². The summed E-state index contributed by atoms with van der Waals surface area (Å²) in [5.74, 6) is 1.42. The summed E-state index contributed by atoms with van der Waals surface area (Å²) in [5.41, 5.74) is -0.427. The van der Waals surface area contributed by atoms with E-state index in [-0.39, 0.29) is 6.09 Å². The van der Waals surface area contributed by atoms with E-state index in [0.717, 1.165) is 42.1 Å². The van der Waals surface area contributed by atoms with Gasteiger partial charge in [-0.05, 0) is 67.8 Å². The highest BCUT2D eigenvalue weighted by Crippen LogP contribution is 2.19. The van der Waals surface area contributed by atoms with Crippen LogP contribution < -0.4 is 5.32 Å². The molecule has 1 aliphatic heterocycles. The zero-order chi connectivity index (χ0) is 15.5. The third kappa shape index (κ3) is 5.50. The molecule has 0 aromatic carbocycles. The van der Waals surface area contributed by atoms with E-state index in [4.69, 9.17) is 9.15 Å². The van der Waals surface area contributed by atoms with Gasteiger partial charge >= 0.3 is 6.09 Å². The van der Waals surface area contributed by atoms with E-state index in [0.29, 0.717) is 5.92 Å². The van der Waals surface area contributed by atoms with Gasteiger partial charge in [-0.15, -0.1) is 0 Å². The topological polar surface area (TPSA) is 54.7 Å². The number of hydrogen-bond donors (Lipinski definition) is 1. The maximum atomic E-state index is 12.0. The molecule has 2 heterocycles. The van der Waals surface area contributed by atoms with Crippen molar-refractivity contribution in [2.24, 2.45) is 5.92 Å². The normalized spacial score (nSPS) is 19.0. The van der Waals surface area contributed by atoms with Crippen LogP contribution in [0.15, 0.2) is 16.5 Å². The Bertz CT molecular complexity index is 482. The van der Waals surface area contributed by atoms with Crippen LogP contribution in [0.2, 0.25) is 0 Å². The third-order valence-corrected chi connectivity index (χ3v) is 3.88. The second-order valence-electron chi connectivity index (χ2n) is 6.42. The van der Waals surface area contributed by atoms with Crippen molar-refractivity contribution in [3.8, 4) is 0 Å². The zero-order valence-electron chi connectivity index (χ0n) is 12.8. The number of carbonyl (C=O) groups excluding carboxylic acids is 1. The lowest BCUT2D eigenvalue weighted by Gasteiger charge is -2.24. The molecule has 0 bridgehead atoms. The molecule has 2 rings (SSSR count). The molecule has 1 aromatic rings. The molecule has 0 aliphatic carbocycles. The van der Waals surface area contributed by atoms with E-state index in [1.807, 2.05) is 32.9 Å². The van der Waals surface area contributed by atoms with Crippen molar-refractivity contribution >= 4 is 28.7 Å². The monoisotopic (exact) mass is 406 g/mol. The van der Waals surface area contributed by atoms with Crippen LogP contribution in [0.4, 0.5) is 4.79 Å². The second kappa shape index (κ2) is 7.00. The average Bonchev–Trinajstić information content (AvgIpc) is 2.97. The molecule has 1 saturated heterocycles. The Balaban J connectivity index is 1.69.